The lowest BCUT2D eigenvalue weighted by molar-refractivity contribution is -0.136. The molecule has 1 aliphatic rings. The molecule has 106 valence electrons. The van der Waals surface area contributed by atoms with Crippen molar-refractivity contribution in [3.05, 3.63) is 18.2 Å². The highest BCUT2D eigenvalue weighted by molar-refractivity contribution is 5.68. The molecule has 0 spiro atoms. The minimum absolute atomic E-state index is 0.0515. The molecule has 6 heteroatoms. The monoisotopic (exact) mass is 266 g/mol. The van der Waals surface area contributed by atoms with Crippen LogP contribution < -0.4 is 5.32 Å². The van der Waals surface area contributed by atoms with Crippen LogP contribution in [0.5, 0.6) is 0 Å². The molecule has 6 nitrogen and oxygen atoms in total. The van der Waals surface area contributed by atoms with Crippen molar-refractivity contribution in [3.8, 4) is 0 Å². The second-order valence-electron chi connectivity index (χ2n) is 5.22. The van der Waals surface area contributed by atoms with Crippen molar-refractivity contribution in [1.29, 1.82) is 0 Å². The molecule has 0 saturated carbocycles. The first-order valence-electron chi connectivity index (χ1n) is 6.76. The molecular weight excluding hydrogens is 244 g/mol. The molecular formula is C13H22N4O2. The lowest BCUT2D eigenvalue weighted by atomic mass is 9.98. The Kier molecular flexibility index (Phi) is 4.93. The van der Waals surface area contributed by atoms with E-state index in [0.717, 1.165) is 32.0 Å². The first-order chi connectivity index (χ1) is 9.15. The van der Waals surface area contributed by atoms with Crippen molar-refractivity contribution in [2.45, 2.75) is 19.4 Å². The highest BCUT2D eigenvalue weighted by Crippen LogP contribution is 2.17. The van der Waals surface area contributed by atoms with Crippen molar-refractivity contribution in [3.63, 3.8) is 0 Å². The van der Waals surface area contributed by atoms with Crippen LogP contribution >= 0.6 is 0 Å². The molecule has 1 aromatic rings. The van der Waals surface area contributed by atoms with Crippen LogP contribution in [0.1, 0.15) is 18.7 Å². The van der Waals surface area contributed by atoms with Crippen LogP contribution in [-0.2, 0) is 18.4 Å². The molecule has 2 N–H and O–H groups in total. The minimum Gasteiger partial charge on any atom is -0.480 e. The number of nitrogens with zero attached hydrogens (tertiary/aromatic N) is 3. The summed E-state index contributed by atoms with van der Waals surface area (Å²) in [6.07, 6.45) is 6.13. The zero-order chi connectivity index (χ0) is 13.7. The first kappa shape index (κ1) is 14.0. The van der Waals surface area contributed by atoms with Gasteiger partial charge in [-0.2, -0.15) is 0 Å². The van der Waals surface area contributed by atoms with Gasteiger partial charge in [0.1, 0.15) is 5.82 Å². The van der Waals surface area contributed by atoms with Crippen LogP contribution in [0.15, 0.2) is 12.4 Å². The van der Waals surface area contributed by atoms with Gasteiger partial charge in [0, 0.05) is 26.0 Å². The number of aliphatic carboxylic acids is 1. The SMILES string of the molecule is Cn1ccnc1CN1CCCC(CNCC(=O)O)C1. The molecule has 1 unspecified atom stereocenters. The number of imidazole rings is 1. The minimum atomic E-state index is -0.791. The lowest BCUT2D eigenvalue weighted by Crippen LogP contribution is -2.40. The number of carboxylic acids is 1. The van der Waals surface area contributed by atoms with Gasteiger partial charge in [0.2, 0.25) is 0 Å². The van der Waals surface area contributed by atoms with Crippen LogP contribution in [-0.4, -0.2) is 51.7 Å². The number of hydrogen-bond donors (Lipinski definition) is 2. The predicted octanol–water partition coefficient (Wildman–Crippen LogP) is 0.306. The Bertz CT molecular complexity index is 419. The van der Waals surface area contributed by atoms with Crippen LogP contribution in [0.3, 0.4) is 0 Å². The van der Waals surface area contributed by atoms with E-state index in [9.17, 15) is 4.79 Å². The number of carbonyl (C=O) groups is 1. The Morgan fingerprint density at radius 3 is 3.16 bits per heavy atom. The van der Waals surface area contributed by atoms with Gasteiger partial charge in [0.05, 0.1) is 13.1 Å². The van der Waals surface area contributed by atoms with Crippen molar-refractivity contribution in [2.24, 2.45) is 13.0 Å². The van der Waals surface area contributed by atoms with E-state index in [0.29, 0.717) is 5.92 Å². The van der Waals surface area contributed by atoms with Crippen LogP contribution in [0.4, 0.5) is 0 Å². The van der Waals surface area contributed by atoms with Crippen molar-refractivity contribution >= 4 is 5.97 Å². The second kappa shape index (κ2) is 6.68. The number of rotatable bonds is 6. The lowest BCUT2D eigenvalue weighted by Gasteiger charge is -2.32. The molecule has 1 saturated heterocycles. The van der Waals surface area contributed by atoms with Gasteiger partial charge in [-0.3, -0.25) is 9.69 Å². The summed E-state index contributed by atoms with van der Waals surface area (Å²) in [7, 11) is 2.01. The van der Waals surface area contributed by atoms with E-state index in [1.807, 2.05) is 24.0 Å². The molecule has 0 amide bonds. The Hall–Kier alpha value is -1.40. The fourth-order valence-corrected chi connectivity index (χ4v) is 2.59. The molecule has 19 heavy (non-hydrogen) atoms. The van der Waals surface area contributed by atoms with Gasteiger partial charge >= 0.3 is 5.97 Å². The van der Waals surface area contributed by atoms with Crippen LogP contribution in [0.2, 0.25) is 0 Å². The fraction of sp³-hybridized carbons (Fsp3) is 0.692. The molecule has 1 aliphatic heterocycles. The third-order valence-electron chi connectivity index (χ3n) is 3.60. The van der Waals surface area contributed by atoms with Gasteiger partial charge < -0.3 is 15.0 Å². The molecule has 0 aliphatic carbocycles. The third kappa shape index (κ3) is 4.33. The smallest absolute Gasteiger partial charge is 0.317 e. The average molecular weight is 266 g/mol. The van der Waals surface area contributed by atoms with E-state index >= 15 is 0 Å². The number of aromatic nitrogens is 2. The normalized spacial score (nSPS) is 20.6. The van der Waals surface area contributed by atoms with Crippen molar-refractivity contribution < 1.29 is 9.90 Å². The predicted molar refractivity (Wildman–Crippen MR) is 71.7 cm³/mol. The number of carboxylic acid groups (broad SMARTS) is 1. The van der Waals surface area contributed by atoms with E-state index in [2.05, 4.69) is 15.2 Å². The molecule has 1 aromatic heterocycles. The van der Waals surface area contributed by atoms with Gasteiger partial charge in [-0.05, 0) is 31.8 Å². The molecule has 1 fully saturated rings. The third-order valence-corrected chi connectivity index (χ3v) is 3.60. The quantitative estimate of drug-likeness (QED) is 0.775. The largest absolute Gasteiger partial charge is 0.480 e. The zero-order valence-corrected chi connectivity index (χ0v) is 11.4. The Morgan fingerprint density at radius 1 is 1.63 bits per heavy atom. The van der Waals surface area contributed by atoms with Crippen LogP contribution in [0, 0.1) is 5.92 Å². The van der Waals surface area contributed by atoms with Crippen molar-refractivity contribution in [2.75, 3.05) is 26.2 Å². The zero-order valence-electron chi connectivity index (χ0n) is 11.4. The number of nitrogens with one attached hydrogen (secondary N) is 1. The number of piperidine rings is 1. The molecule has 1 atom stereocenters. The fourth-order valence-electron chi connectivity index (χ4n) is 2.59. The van der Waals surface area contributed by atoms with Gasteiger partial charge in [-0.25, -0.2) is 4.98 Å². The molecule has 2 rings (SSSR count). The number of hydrogen-bond acceptors (Lipinski definition) is 4. The Morgan fingerprint density at radius 2 is 2.47 bits per heavy atom. The molecule has 0 aromatic carbocycles. The summed E-state index contributed by atoms with van der Waals surface area (Å²) in [5, 5.41) is 11.6. The van der Waals surface area contributed by atoms with E-state index < -0.39 is 5.97 Å². The maximum atomic E-state index is 10.5. The summed E-state index contributed by atoms with van der Waals surface area (Å²) in [5.41, 5.74) is 0. The van der Waals surface area contributed by atoms with Gasteiger partial charge in [-0.1, -0.05) is 0 Å². The maximum absolute atomic E-state index is 10.5. The summed E-state index contributed by atoms with van der Waals surface area (Å²) >= 11 is 0. The summed E-state index contributed by atoms with van der Waals surface area (Å²) in [4.78, 5) is 17.2. The topological polar surface area (TPSA) is 70.4 Å². The number of aryl methyl sites for hydroxylation is 1. The number of likely N-dealkylation sites (tertiary alicyclic amines) is 1. The summed E-state index contributed by atoms with van der Waals surface area (Å²) in [5.74, 6) is 0.827. The molecule has 0 bridgehead atoms. The molecule has 2 heterocycles. The second-order valence-corrected chi connectivity index (χ2v) is 5.22. The summed E-state index contributed by atoms with van der Waals surface area (Å²) in [6, 6.07) is 0. The van der Waals surface area contributed by atoms with Crippen molar-refractivity contribution in [1.82, 2.24) is 19.8 Å². The van der Waals surface area contributed by atoms with E-state index in [-0.39, 0.29) is 6.54 Å². The Labute approximate surface area is 113 Å². The van der Waals surface area contributed by atoms with E-state index in [4.69, 9.17) is 5.11 Å². The molecule has 0 radical (unpaired) electrons. The standard InChI is InChI=1S/C13H22N4O2/c1-16-6-4-15-12(16)10-17-5-2-3-11(9-17)7-14-8-13(18)19/h4,6,11,14H,2-3,5,7-10H2,1H3,(H,18,19). The average Bonchev–Trinajstić information content (AvgIpc) is 2.75. The van der Waals surface area contributed by atoms with E-state index in [1.165, 1.54) is 12.8 Å². The van der Waals surface area contributed by atoms with E-state index in [1.54, 1.807) is 0 Å². The Balaban J connectivity index is 1.77. The van der Waals surface area contributed by atoms with Crippen LogP contribution in [0.25, 0.3) is 0 Å². The highest BCUT2D eigenvalue weighted by atomic mass is 16.4. The van der Waals surface area contributed by atoms with Gasteiger partial charge in [-0.15, -0.1) is 0 Å². The highest BCUT2D eigenvalue weighted by Gasteiger charge is 2.20. The van der Waals surface area contributed by atoms with Gasteiger partial charge in [0.15, 0.2) is 0 Å². The van der Waals surface area contributed by atoms with Gasteiger partial charge in [0.25, 0.3) is 0 Å². The first-order valence-corrected chi connectivity index (χ1v) is 6.76. The summed E-state index contributed by atoms with van der Waals surface area (Å²) < 4.78 is 2.05. The summed E-state index contributed by atoms with van der Waals surface area (Å²) in [6.45, 7) is 3.82. The maximum Gasteiger partial charge on any atom is 0.317 e.